The van der Waals surface area contributed by atoms with Gasteiger partial charge in [-0.15, -0.1) is 24.0 Å². The number of hydrogen-bond acceptors (Lipinski definition) is 6. The lowest BCUT2D eigenvalue weighted by Gasteiger charge is -2.34. The molecule has 0 amide bonds. The van der Waals surface area contributed by atoms with Crippen molar-refractivity contribution >= 4 is 41.6 Å². The molecule has 4 rings (SSSR count). The normalized spacial score (nSPS) is 19.3. The van der Waals surface area contributed by atoms with E-state index in [0.717, 1.165) is 77.2 Å². The zero-order chi connectivity index (χ0) is 22.2. The molecule has 1 atom stereocenters. The van der Waals surface area contributed by atoms with E-state index in [4.69, 9.17) is 4.99 Å². The largest absolute Gasteiger partial charge is 0.369 e. The molecule has 2 saturated heterocycles. The van der Waals surface area contributed by atoms with Gasteiger partial charge < -0.3 is 20.4 Å². The van der Waals surface area contributed by atoms with Crippen molar-refractivity contribution in [3.8, 4) is 0 Å². The van der Waals surface area contributed by atoms with Gasteiger partial charge in [0.05, 0.1) is 6.54 Å². The second-order valence-electron chi connectivity index (χ2n) is 8.55. The molecule has 2 N–H and O–H groups in total. The van der Waals surface area contributed by atoms with Crippen molar-refractivity contribution in [2.75, 3.05) is 68.7 Å². The molecule has 3 heterocycles. The first-order chi connectivity index (χ1) is 15.7. The fourth-order valence-electron chi connectivity index (χ4n) is 4.31. The molecule has 0 spiro atoms. The molecule has 2 aliphatic rings. The smallest absolute Gasteiger partial charge is 0.225 e. The van der Waals surface area contributed by atoms with Crippen molar-refractivity contribution in [2.45, 2.75) is 26.3 Å². The Labute approximate surface area is 214 Å². The molecule has 2 aliphatic heterocycles. The Bertz CT molecular complexity index is 853. The van der Waals surface area contributed by atoms with E-state index < -0.39 is 0 Å². The number of anilines is 2. The average Bonchev–Trinajstić information content (AvgIpc) is 3.29. The van der Waals surface area contributed by atoms with Crippen molar-refractivity contribution in [1.82, 2.24) is 25.5 Å². The van der Waals surface area contributed by atoms with Crippen LogP contribution in [-0.4, -0.2) is 85.8 Å². The molecular weight excluding hydrogens is 527 g/mol. The minimum atomic E-state index is 0. The monoisotopic (exact) mass is 564 g/mol. The minimum Gasteiger partial charge on any atom is -0.369 e. The first kappa shape index (κ1) is 25.5. The molecule has 33 heavy (non-hydrogen) atoms. The number of rotatable bonds is 7. The van der Waals surface area contributed by atoms with Gasteiger partial charge in [-0.1, -0.05) is 17.7 Å². The summed E-state index contributed by atoms with van der Waals surface area (Å²) in [7, 11) is 0. The molecule has 1 aromatic heterocycles. The lowest BCUT2D eigenvalue weighted by molar-refractivity contribution is 0.263. The van der Waals surface area contributed by atoms with E-state index in [1.807, 2.05) is 18.5 Å². The third kappa shape index (κ3) is 7.43. The average molecular weight is 565 g/mol. The Kier molecular flexibility index (Phi) is 9.98. The maximum atomic E-state index is 4.85. The maximum Gasteiger partial charge on any atom is 0.225 e. The van der Waals surface area contributed by atoms with Crippen LogP contribution in [0.1, 0.15) is 18.9 Å². The third-order valence-electron chi connectivity index (χ3n) is 6.17. The second kappa shape index (κ2) is 12.9. The second-order valence-corrected chi connectivity index (χ2v) is 8.55. The van der Waals surface area contributed by atoms with Gasteiger partial charge in [-0.25, -0.2) is 9.97 Å². The number of aliphatic imine (C=N–C) groups is 1. The van der Waals surface area contributed by atoms with E-state index in [2.05, 4.69) is 73.4 Å². The van der Waals surface area contributed by atoms with E-state index in [-0.39, 0.29) is 24.0 Å². The number of guanidine groups is 1. The quantitative estimate of drug-likeness (QED) is 0.304. The summed E-state index contributed by atoms with van der Waals surface area (Å²) in [6.45, 7) is 12.9. The van der Waals surface area contributed by atoms with Crippen LogP contribution in [0.2, 0.25) is 0 Å². The molecule has 0 bridgehead atoms. The zero-order valence-corrected chi connectivity index (χ0v) is 22.1. The first-order valence-corrected chi connectivity index (χ1v) is 11.8. The van der Waals surface area contributed by atoms with Crippen LogP contribution in [0.5, 0.6) is 0 Å². The molecule has 1 aromatic carbocycles. The number of halogens is 1. The summed E-state index contributed by atoms with van der Waals surface area (Å²) in [5, 5.41) is 7.06. The van der Waals surface area contributed by atoms with Crippen molar-refractivity contribution in [1.29, 1.82) is 0 Å². The highest BCUT2D eigenvalue weighted by Crippen LogP contribution is 2.20. The van der Waals surface area contributed by atoms with Crippen molar-refractivity contribution in [3.05, 3.63) is 48.3 Å². The predicted octanol–water partition coefficient (Wildman–Crippen LogP) is 2.36. The molecule has 0 saturated carbocycles. The molecule has 2 aromatic rings. The molecule has 8 nitrogen and oxygen atoms in total. The van der Waals surface area contributed by atoms with E-state index in [9.17, 15) is 0 Å². The summed E-state index contributed by atoms with van der Waals surface area (Å²) >= 11 is 0. The van der Waals surface area contributed by atoms with Crippen molar-refractivity contribution < 1.29 is 0 Å². The Morgan fingerprint density at radius 3 is 2.45 bits per heavy atom. The summed E-state index contributed by atoms with van der Waals surface area (Å²) in [5.74, 6) is 1.76. The van der Waals surface area contributed by atoms with Gasteiger partial charge in [0.1, 0.15) is 0 Å². The Morgan fingerprint density at radius 1 is 1.03 bits per heavy atom. The summed E-state index contributed by atoms with van der Waals surface area (Å²) < 4.78 is 0. The Morgan fingerprint density at radius 2 is 1.76 bits per heavy atom. The van der Waals surface area contributed by atoms with Gasteiger partial charge in [0, 0.05) is 76.5 Å². The fourth-order valence-corrected chi connectivity index (χ4v) is 4.31. The number of aryl methyl sites for hydroxylation is 1. The number of hydrogen-bond donors (Lipinski definition) is 2. The third-order valence-corrected chi connectivity index (χ3v) is 6.17. The van der Waals surface area contributed by atoms with Gasteiger partial charge in [-0.3, -0.25) is 9.89 Å². The Hall–Kier alpha value is -2.14. The number of nitrogens with one attached hydrogen (secondary N) is 2. The van der Waals surface area contributed by atoms with Gasteiger partial charge in [0.2, 0.25) is 5.95 Å². The molecule has 1 unspecified atom stereocenters. The number of nitrogens with zero attached hydrogens (tertiary/aromatic N) is 6. The van der Waals surface area contributed by atoms with E-state index >= 15 is 0 Å². The molecular formula is C24H37IN8. The highest BCUT2D eigenvalue weighted by Gasteiger charge is 2.23. The zero-order valence-electron chi connectivity index (χ0n) is 19.8. The topological polar surface area (TPSA) is 71.9 Å². The van der Waals surface area contributed by atoms with Crippen LogP contribution in [0.4, 0.5) is 11.6 Å². The molecule has 0 radical (unpaired) electrons. The number of aromatic nitrogens is 2. The van der Waals surface area contributed by atoms with Crippen LogP contribution >= 0.6 is 24.0 Å². The highest BCUT2D eigenvalue weighted by atomic mass is 127. The summed E-state index contributed by atoms with van der Waals surface area (Å²) in [6, 6.07) is 11.1. The summed E-state index contributed by atoms with van der Waals surface area (Å²) in [5.41, 5.74) is 2.61. The lowest BCUT2D eigenvalue weighted by atomic mass is 10.2. The number of piperazine rings is 1. The van der Waals surface area contributed by atoms with Crippen LogP contribution in [-0.2, 0) is 0 Å². The van der Waals surface area contributed by atoms with E-state index in [0.29, 0.717) is 6.04 Å². The predicted molar refractivity (Wildman–Crippen MR) is 147 cm³/mol. The van der Waals surface area contributed by atoms with E-state index in [1.54, 1.807) is 0 Å². The van der Waals surface area contributed by atoms with Gasteiger partial charge in [0.15, 0.2) is 5.96 Å². The summed E-state index contributed by atoms with van der Waals surface area (Å²) in [6.07, 6.45) is 4.74. The Balaban J connectivity index is 0.00000306. The molecule has 2 fully saturated rings. The van der Waals surface area contributed by atoms with E-state index in [1.165, 1.54) is 11.3 Å². The fraction of sp³-hybridized carbons (Fsp3) is 0.542. The molecule has 0 aliphatic carbocycles. The van der Waals surface area contributed by atoms with Crippen LogP contribution in [0, 0.1) is 6.92 Å². The van der Waals surface area contributed by atoms with Gasteiger partial charge in [0.25, 0.3) is 0 Å². The van der Waals surface area contributed by atoms with Gasteiger partial charge in [-0.05, 0) is 38.5 Å². The van der Waals surface area contributed by atoms with Crippen LogP contribution < -0.4 is 20.4 Å². The van der Waals surface area contributed by atoms with Crippen LogP contribution in [0.25, 0.3) is 0 Å². The standard InChI is InChI=1S/C24H36N8.HI/c1-3-25-23(29-21-9-13-32(19-21)22-7-5-20(2)6-8-22)26-12-14-30-15-17-31(18-16-30)24-27-10-4-11-28-24;/h4-8,10-11,21H,3,9,12-19H2,1-2H3,(H2,25,26,29);1H. The van der Waals surface area contributed by atoms with Crippen LogP contribution in [0.3, 0.4) is 0 Å². The SMILES string of the molecule is CCNC(=NCCN1CCN(c2ncccn2)CC1)NC1CCN(c2ccc(C)cc2)C1.I. The van der Waals surface area contributed by atoms with Gasteiger partial charge in [-0.2, -0.15) is 0 Å². The lowest BCUT2D eigenvalue weighted by Crippen LogP contribution is -2.48. The van der Waals surface area contributed by atoms with Crippen LogP contribution in [0.15, 0.2) is 47.7 Å². The first-order valence-electron chi connectivity index (χ1n) is 11.8. The minimum absolute atomic E-state index is 0. The summed E-state index contributed by atoms with van der Waals surface area (Å²) in [4.78, 5) is 20.8. The molecule has 180 valence electrons. The number of benzene rings is 1. The molecule has 9 heteroatoms. The van der Waals surface area contributed by atoms with Crippen molar-refractivity contribution in [3.63, 3.8) is 0 Å². The highest BCUT2D eigenvalue weighted by molar-refractivity contribution is 14.0. The van der Waals surface area contributed by atoms with Gasteiger partial charge >= 0.3 is 0 Å². The maximum absolute atomic E-state index is 4.85. The van der Waals surface area contributed by atoms with Crippen molar-refractivity contribution in [2.24, 2.45) is 4.99 Å².